The number of rotatable bonds is 5. The summed E-state index contributed by atoms with van der Waals surface area (Å²) in [5.41, 5.74) is -0.211. The molecule has 1 amide bonds. The van der Waals surface area contributed by atoms with Crippen LogP contribution in [0.4, 0.5) is 0 Å². The fourth-order valence-electron chi connectivity index (χ4n) is 2.90. The van der Waals surface area contributed by atoms with Crippen LogP contribution in [0, 0.1) is 23.2 Å². The summed E-state index contributed by atoms with van der Waals surface area (Å²) in [7, 11) is 0. The van der Waals surface area contributed by atoms with E-state index in [1.165, 1.54) is 18.8 Å². The number of nitrogens with zero attached hydrogens (tertiary/aromatic N) is 1. The summed E-state index contributed by atoms with van der Waals surface area (Å²) in [6, 6.07) is 5.12. The minimum absolute atomic E-state index is 0.106. The summed E-state index contributed by atoms with van der Waals surface area (Å²) in [6.45, 7) is 3.91. The molecule has 2 rings (SSSR count). The molecule has 6 heteroatoms. The first-order chi connectivity index (χ1) is 11.5. The molecular formula is C18H22N2O4. The van der Waals surface area contributed by atoms with E-state index in [-0.39, 0.29) is 17.5 Å². The molecule has 3 atom stereocenters. The Kier molecular flexibility index (Phi) is 6.19. The number of carbonyl (C=O) groups is 2. The van der Waals surface area contributed by atoms with Crippen molar-refractivity contribution < 1.29 is 18.7 Å². The Balaban J connectivity index is 1.84. The molecule has 1 aliphatic carbocycles. The van der Waals surface area contributed by atoms with Crippen LogP contribution in [-0.2, 0) is 14.3 Å². The molecule has 0 radical (unpaired) electrons. The third-order valence-electron chi connectivity index (χ3n) is 4.56. The van der Waals surface area contributed by atoms with Gasteiger partial charge in [0.2, 0.25) is 0 Å². The van der Waals surface area contributed by atoms with Crippen molar-refractivity contribution in [3.63, 3.8) is 0 Å². The van der Waals surface area contributed by atoms with Gasteiger partial charge in [0.25, 0.3) is 5.91 Å². The van der Waals surface area contributed by atoms with Gasteiger partial charge >= 0.3 is 5.97 Å². The van der Waals surface area contributed by atoms with Crippen molar-refractivity contribution in [2.75, 3.05) is 6.61 Å². The summed E-state index contributed by atoms with van der Waals surface area (Å²) in [5.74, 6) is 0.150. The zero-order valence-electron chi connectivity index (χ0n) is 14.0. The van der Waals surface area contributed by atoms with Crippen LogP contribution >= 0.6 is 0 Å². The Bertz CT molecular complexity index is 642. The number of amides is 1. The van der Waals surface area contributed by atoms with Crippen LogP contribution in [0.3, 0.4) is 0 Å². The van der Waals surface area contributed by atoms with E-state index >= 15 is 0 Å². The third-order valence-corrected chi connectivity index (χ3v) is 4.56. The van der Waals surface area contributed by atoms with Crippen molar-refractivity contribution in [3.8, 4) is 6.07 Å². The van der Waals surface area contributed by atoms with E-state index in [4.69, 9.17) is 14.4 Å². The summed E-state index contributed by atoms with van der Waals surface area (Å²) < 4.78 is 9.98. The highest BCUT2D eigenvalue weighted by Gasteiger charge is 2.28. The molecule has 1 saturated carbocycles. The van der Waals surface area contributed by atoms with Gasteiger partial charge in [-0.25, -0.2) is 4.79 Å². The number of ether oxygens (including phenoxy) is 1. The molecule has 1 aromatic rings. The molecule has 1 N–H and O–H groups in total. The number of nitrogens with one attached hydrogen (secondary N) is 1. The third kappa shape index (κ3) is 4.72. The Morgan fingerprint density at radius 2 is 2.25 bits per heavy atom. The number of esters is 1. The number of hydrogen-bond acceptors (Lipinski definition) is 5. The van der Waals surface area contributed by atoms with Gasteiger partial charge in [0.05, 0.1) is 6.26 Å². The predicted molar refractivity (Wildman–Crippen MR) is 87.4 cm³/mol. The summed E-state index contributed by atoms with van der Waals surface area (Å²) in [5, 5.41) is 11.9. The van der Waals surface area contributed by atoms with Crippen LogP contribution in [0.15, 0.2) is 28.4 Å². The highest BCUT2D eigenvalue weighted by Crippen LogP contribution is 2.29. The largest absolute Gasteiger partial charge is 0.465 e. The lowest BCUT2D eigenvalue weighted by molar-refractivity contribution is -0.144. The minimum Gasteiger partial charge on any atom is -0.465 e. The second-order valence-electron chi connectivity index (χ2n) is 6.20. The molecule has 6 nitrogen and oxygen atoms in total. The maximum absolute atomic E-state index is 12.0. The topological polar surface area (TPSA) is 92.3 Å². The van der Waals surface area contributed by atoms with Gasteiger partial charge in [0, 0.05) is 12.1 Å². The van der Waals surface area contributed by atoms with Crippen LogP contribution in [0.5, 0.6) is 0 Å². The number of hydrogen-bond donors (Lipinski definition) is 1. The van der Waals surface area contributed by atoms with E-state index < -0.39 is 12.6 Å². The van der Waals surface area contributed by atoms with E-state index in [0.29, 0.717) is 17.6 Å². The molecule has 24 heavy (non-hydrogen) atoms. The number of carbonyl (C=O) groups excluding carboxylic acids is 2. The SMILES string of the molecule is C[C@@H]1[C@@H](C)CCC[C@H]1NC(=O)COC(=O)/C(C#N)=C/c1ccco1. The van der Waals surface area contributed by atoms with Crippen molar-refractivity contribution in [1.29, 1.82) is 5.26 Å². The molecule has 1 fully saturated rings. The molecule has 0 aliphatic heterocycles. The predicted octanol–water partition coefficient (Wildman–Crippen LogP) is 2.67. The maximum Gasteiger partial charge on any atom is 0.349 e. The van der Waals surface area contributed by atoms with Gasteiger partial charge in [-0.05, 0) is 30.4 Å². The van der Waals surface area contributed by atoms with Crippen LogP contribution in [0.1, 0.15) is 38.9 Å². The van der Waals surface area contributed by atoms with Crippen LogP contribution in [0.2, 0.25) is 0 Å². The second kappa shape index (κ2) is 8.34. The Morgan fingerprint density at radius 3 is 2.92 bits per heavy atom. The standard InChI is InChI=1S/C18H22N2O4/c1-12-5-3-7-16(13(12)2)20-17(21)11-24-18(22)14(10-19)9-15-6-4-8-23-15/h4,6,8-9,12-13,16H,3,5,7,11H2,1-2H3,(H,20,21)/b14-9+/t12-,13+,16+/m0/s1. The fourth-order valence-corrected chi connectivity index (χ4v) is 2.90. The van der Waals surface area contributed by atoms with Gasteiger partial charge in [-0.3, -0.25) is 4.79 Å². The molecule has 1 aliphatic rings. The van der Waals surface area contributed by atoms with Crippen molar-refractivity contribution in [3.05, 3.63) is 29.7 Å². The van der Waals surface area contributed by atoms with E-state index in [2.05, 4.69) is 19.2 Å². The summed E-state index contributed by atoms with van der Waals surface area (Å²) in [4.78, 5) is 23.9. The first kappa shape index (κ1) is 17.8. The van der Waals surface area contributed by atoms with E-state index in [9.17, 15) is 9.59 Å². The summed E-state index contributed by atoms with van der Waals surface area (Å²) >= 11 is 0. The van der Waals surface area contributed by atoms with E-state index in [1.54, 1.807) is 18.2 Å². The number of nitriles is 1. The Morgan fingerprint density at radius 1 is 1.46 bits per heavy atom. The average molecular weight is 330 g/mol. The zero-order valence-corrected chi connectivity index (χ0v) is 14.0. The van der Waals surface area contributed by atoms with Crippen molar-refractivity contribution >= 4 is 18.0 Å². The van der Waals surface area contributed by atoms with Crippen LogP contribution in [-0.4, -0.2) is 24.5 Å². The molecular weight excluding hydrogens is 308 g/mol. The van der Waals surface area contributed by atoms with Gasteiger partial charge in [-0.1, -0.05) is 26.7 Å². The van der Waals surface area contributed by atoms with Crippen molar-refractivity contribution in [2.24, 2.45) is 11.8 Å². The highest BCUT2D eigenvalue weighted by molar-refractivity contribution is 5.98. The molecule has 1 aromatic heterocycles. The maximum atomic E-state index is 12.0. The van der Waals surface area contributed by atoms with E-state index in [1.807, 2.05) is 0 Å². The lowest BCUT2D eigenvalue weighted by Gasteiger charge is -2.34. The van der Waals surface area contributed by atoms with Crippen molar-refractivity contribution in [2.45, 2.75) is 39.2 Å². The monoisotopic (exact) mass is 330 g/mol. The zero-order chi connectivity index (χ0) is 17.5. The normalized spacial score (nSPS) is 24.0. The van der Waals surface area contributed by atoms with Crippen LogP contribution in [0.25, 0.3) is 6.08 Å². The summed E-state index contributed by atoms with van der Waals surface area (Å²) in [6.07, 6.45) is 5.91. The van der Waals surface area contributed by atoms with Crippen molar-refractivity contribution in [1.82, 2.24) is 5.32 Å². The molecule has 0 saturated heterocycles. The molecule has 0 unspecified atom stereocenters. The lowest BCUT2D eigenvalue weighted by Crippen LogP contribution is -2.45. The molecule has 0 bridgehead atoms. The molecule has 0 spiro atoms. The van der Waals surface area contributed by atoms with E-state index in [0.717, 1.165) is 12.8 Å². The highest BCUT2D eigenvalue weighted by atomic mass is 16.5. The molecule has 0 aromatic carbocycles. The Hall–Kier alpha value is -2.55. The van der Waals surface area contributed by atoms with Gasteiger partial charge < -0.3 is 14.5 Å². The smallest absolute Gasteiger partial charge is 0.349 e. The van der Waals surface area contributed by atoms with Gasteiger partial charge in [-0.15, -0.1) is 0 Å². The van der Waals surface area contributed by atoms with Crippen LogP contribution < -0.4 is 5.32 Å². The average Bonchev–Trinajstić information content (AvgIpc) is 3.08. The van der Waals surface area contributed by atoms with Gasteiger partial charge in [0.15, 0.2) is 6.61 Å². The quantitative estimate of drug-likeness (QED) is 0.509. The first-order valence-electron chi connectivity index (χ1n) is 8.13. The van der Waals surface area contributed by atoms with Gasteiger partial charge in [-0.2, -0.15) is 5.26 Å². The Labute approximate surface area is 141 Å². The lowest BCUT2D eigenvalue weighted by atomic mass is 9.78. The molecule has 128 valence electrons. The second-order valence-corrected chi connectivity index (χ2v) is 6.20. The fraction of sp³-hybridized carbons (Fsp3) is 0.500. The molecule has 1 heterocycles. The van der Waals surface area contributed by atoms with Gasteiger partial charge in [0.1, 0.15) is 17.4 Å². The minimum atomic E-state index is -0.839. The first-order valence-corrected chi connectivity index (χ1v) is 8.13. The number of furan rings is 1.